The zero-order valence-electron chi connectivity index (χ0n) is 8.99. The SMILES string of the molecule is CCCS(=O)(=O)N1CCC(NC)CC1. The molecule has 1 aliphatic rings. The van der Waals surface area contributed by atoms with E-state index in [-0.39, 0.29) is 5.75 Å². The maximum atomic E-state index is 11.7. The van der Waals surface area contributed by atoms with Crippen molar-refractivity contribution in [2.24, 2.45) is 0 Å². The number of rotatable bonds is 4. The number of nitrogens with zero attached hydrogens (tertiary/aromatic N) is 1. The molecule has 1 heterocycles. The van der Waals surface area contributed by atoms with Crippen LogP contribution in [0.2, 0.25) is 0 Å². The van der Waals surface area contributed by atoms with Gasteiger partial charge in [-0.25, -0.2) is 12.7 Å². The first-order valence-corrected chi connectivity index (χ1v) is 6.86. The summed E-state index contributed by atoms with van der Waals surface area (Å²) in [5, 5.41) is 3.19. The smallest absolute Gasteiger partial charge is 0.214 e. The Morgan fingerprint density at radius 3 is 2.36 bits per heavy atom. The van der Waals surface area contributed by atoms with Crippen LogP contribution < -0.4 is 5.32 Å². The average molecular weight is 220 g/mol. The lowest BCUT2D eigenvalue weighted by molar-refractivity contribution is 0.298. The van der Waals surface area contributed by atoms with Crippen LogP contribution in [-0.2, 0) is 10.0 Å². The van der Waals surface area contributed by atoms with Gasteiger partial charge in [0.25, 0.3) is 0 Å². The molecule has 0 bridgehead atoms. The molecule has 0 unspecified atom stereocenters. The van der Waals surface area contributed by atoms with Crippen molar-refractivity contribution in [3.8, 4) is 0 Å². The van der Waals surface area contributed by atoms with Crippen molar-refractivity contribution >= 4 is 10.0 Å². The molecule has 0 amide bonds. The van der Waals surface area contributed by atoms with Crippen molar-refractivity contribution in [1.82, 2.24) is 9.62 Å². The molecule has 14 heavy (non-hydrogen) atoms. The molecule has 0 aromatic rings. The van der Waals surface area contributed by atoms with Gasteiger partial charge >= 0.3 is 0 Å². The third-order valence-electron chi connectivity index (χ3n) is 2.72. The van der Waals surface area contributed by atoms with E-state index in [2.05, 4.69) is 5.32 Å². The Hall–Kier alpha value is -0.130. The lowest BCUT2D eigenvalue weighted by Gasteiger charge is -2.30. The summed E-state index contributed by atoms with van der Waals surface area (Å²) in [5.74, 6) is 0.289. The molecule has 0 radical (unpaired) electrons. The van der Waals surface area contributed by atoms with Gasteiger partial charge in [0.1, 0.15) is 0 Å². The van der Waals surface area contributed by atoms with Gasteiger partial charge in [-0.3, -0.25) is 0 Å². The first-order chi connectivity index (χ1) is 6.60. The maximum absolute atomic E-state index is 11.7. The molecular weight excluding hydrogens is 200 g/mol. The van der Waals surface area contributed by atoms with Gasteiger partial charge in [-0.1, -0.05) is 6.92 Å². The van der Waals surface area contributed by atoms with E-state index < -0.39 is 10.0 Å². The van der Waals surface area contributed by atoms with Gasteiger partial charge in [-0.2, -0.15) is 0 Å². The van der Waals surface area contributed by atoms with Crippen LogP contribution in [0, 0.1) is 0 Å². The molecule has 5 heteroatoms. The van der Waals surface area contributed by atoms with Crippen molar-refractivity contribution in [2.75, 3.05) is 25.9 Å². The molecule has 0 aromatic carbocycles. The number of nitrogens with one attached hydrogen (secondary N) is 1. The second-order valence-corrected chi connectivity index (χ2v) is 5.87. The van der Waals surface area contributed by atoms with E-state index in [1.54, 1.807) is 4.31 Å². The van der Waals surface area contributed by atoms with Crippen LogP contribution in [0.4, 0.5) is 0 Å². The highest BCUT2D eigenvalue weighted by Gasteiger charge is 2.26. The molecule has 0 spiro atoms. The highest BCUT2D eigenvalue weighted by atomic mass is 32.2. The van der Waals surface area contributed by atoms with Gasteiger partial charge in [-0.15, -0.1) is 0 Å². The zero-order chi connectivity index (χ0) is 10.6. The van der Waals surface area contributed by atoms with Crippen molar-refractivity contribution in [2.45, 2.75) is 32.2 Å². The molecule has 4 nitrogen and oxygen atoms in total. The predicted molar refractivity (Wildman–Crippen MR) is 57.7 cm³/mol. The third-order valence-corrected chi connectivity index (χ3v) is 4.79. The Bertz CT molecular complexity index is 256. The Morgan fingerprint density at radius 1 is 1.36 bits per heavy atom. The summed E-state index contributed by atoms with van der Waals surface area (Å²) in [7, 11) is -1.03. The summed E-state index contributed by atoms with van der Waals surface area (Å²) in [6.07, 6.45) is 2.56. The van der Waals surface area contributed by atoms with Gasteiger partial charge in [-0.05, 0) is 26.3 Å². The first kappa shape index (κ1) is 11.9. The van der Waals surface area contributed by atoms with Gasteiger partial charge in [0.15, 0.2) is 0 Å². The molecular formula is C9H20N2O2S. The lowest BCUT2D eigenvalue weighted by atomic mass is 10.1. The van der Waals surface area contributed by atoms with Crippen molar-refractivity contribution in [3.05, 3.63) is 0 Å². The number of hydrogen-bond acceptors (Lipinski definition) is 3. The minimum absolute atomic E-state index is 0.289. The van der Waals surface area contributed by atoms with E-state index in [1.807, 2.05) is 14.0 Å². The minimum Gasteiger partial charge on any atom is -0.317 e. The van der Waals surface area contributed by atoms with Gasteiger partial charge < -0.3 is 5.32 Å². The number of hydrogen-bond donors (Lipinski definition) is 1. The largest absolute Gasteiger partial charge is 0.317 e. The van der Waals surface area contributed by atoms with Gasteiger partial charge in [0.2, 0.25) is 10.0 Å². The molecule has 84 valence electrons. The molecule has 1 aliphatic heterocycles. The standard InChI is InChI=1S/C9H20N2O2S/c1-3-8-14(12,13)11-6-4-9(10-2)5-7-11/h9-10H,3-8H2,1-2H3. The predicted octanol–water partition coefficient (Wildman–Crippen LogP) is 0.410. The van der Waals surface area contributed by atoms with Crippen LogP contribution in [0.5, 0.6) is 0 Å². The second-order valence-electron chi connectivity index (χ2n) is 3.78. The van der Waals surface area contributed by atoms with Crippen LogP contribution in [0.25, 0.3) is 0 Å². The van der Waals surface area contributed by atoms with E-state index >= 15 is 0 Å². The van der Waals surface area contributed by atoms with Gasteiger partial charge in [0.05, 0.1) is 5.75 Å². The van der Waals surface area contributed by atoms with Crippen molar-refractivity contribution in [1.29, 1.82) is 0 Å². The normalized spacial score (nSPS) is 21.3. The monoisotopic (exact) mass is 220 g/mol. The van der Waals surface area contributed by atoms with E-state index in [1.165, 1.54) is 0 Å². The van der Waals surface area contributed by atoms with Crippen molar-refractivity contribution in [3.63, 3.8) is 0 Å². The highest BCUT2D eigenvalue weighted by molar-refractivity contribution is 7.89. The molecule has 1 fully saturated rings. The Morgan fingerprint density at radius 2 is 1.93 bits per heavy atom. The first-order valence-electron chi connectivity index (χ1n) is 5.25. The van der Waals surface area contributed by atoms with Crippen LogP contribution >= 0.6 is 0 Å². The van der Waals surface area contributed by atoms with E-state index in [4.69, 9.17) is 0 Å². The molecule has 0 atom stereocenters. The summed E-state index contributed by atoms with van der Waals surface area (Å²) in [4.78, 5) is 0. The van der Waals surface area contributed by atoms with Crippen LogP contribution in [0.3, 0.4) is 0 Å². The van der Waals surface area contributed by atoms with Crippen LogP contribution in [0.1, 0.15) is 26.2 Å². The van der Waals surface area contributed by atoms with E-state index in [0.29, 0.717) is 25.6 Å². The maximum Gasteiger partial charge on any atom is 0.214 e. The fraction of sp³-hybridized carbons (Fsp3) is 1.00. The average Bonchev–Trinajstić information content (AvgIpc) is 2.18. The Labute approximate surface area is 86.7 Å². The van der Waals surface area contributed by atoms with Crippen LogP contribution in [0.15, 0.2) is 0 Å². The molecule has 1 saturated heterocycles. The van der Waals surface area contributed by atoms with Crippen molar-refractivity contribution < 1.29 is 8.42 Å². The van der Waals surface area contributed by atoms with E-state index in [9.17, 15) is 8.42 Å². The number of piperidine rings is 1. The quantitative estimate of drug-likeness (QED) is 0.746. The minimum atomic E-state index is -2.96. The summed E-state index contributed by atoms with van der Waals surface area (Å²) in [5.41, 5.74) is 0. The fourth-order valence-electron chi connectivity index (χ4n) is 1.81. The lowest BCUT2D eigenvalue weighted by Crippen LogP contribution is -2.44. The topological polar surface area (TPSA) is 49.4 Å². The third kappa shape index (κ3) is 2.93. The summed E-state index contributed by atoms with van der Waals surface area (Å²) < 4.78 is 25.0. The second kappa shape index (κ2) is 5.09. The summed E-state index contributed by atoms with van der Waals surface area (Å²) in [6, 6.07) is 0.489. The van der Waals surface area contributed by atoms with Crippen LogP contribution in [-0.4, -0.2) is 44.7 Å². The molecule has 0 aromatic heterocycles. The Kier molecular flexibility index (Phi) is 4.34. The van der Waals surface area contributed by atoms with E-state index in [0.717, 1.165) is 12.8 Å². The molecule has 0 aliphatic carbocycles. The molecule has 1 N–H and O–H groups in total. The zero-order valence-corrected chi connectivity index (χ0v) is 9.81. The Balaban J connectivity index is 2.49. The molecule has 0 saturated carbocycles. The summed E-state index contributed by atoms with van der Waals surface area (Å²) in [6.45, 7) is 3.25. The molecule has 1 rings (SSSR count). The van der Waals surface area contributed by atoms with Gasteiger partial charge in [0, 0.05) is 19.1 Å². The summed E-state index contributed by atoms with van der Waals surface area (Å²) >= 11 is 0. The number of sulfonamides is 1. The fourth-order valence-corrected chi connectivity index (χ4v) is 3.35. The highest BCUT2D eigenvalue weighted by Crippen LogP contribution is 2.14.